The van der Waals surface area contributed by atoms with Crippen molar-refractivity contribution in [1.29, 1.82) is 0 Å². The van der Waals surface area contributed by atoms with Gasteiger partial charge in [0.15, 0.2) is 0 Å². The summed E-state index contributed by atoms with van der Waals surface area (Å²) in [4.78, 5) is 11.9. The Bertz CT molecular complexity index is 649. The van der Waals surface area contributed by atoms with E-state index in [4.69, 9.17) is 4.74 Å². The Morgan fingerprint density at radius 3 is 2.77 bits per heavy atom. The molecule has 1 heterocycles. The quantitative estimate of drug-likeness (QED) is 0.828. The average molecular weight is 324 g/mol. The molecular formula is C15H20N2O4S. The van der Waals surface area contributed by atoms with E-state index in [1.54, 1.807) is 18.2 Å². The Morgan fingerprint density at radius 2 is 2.09 bits per heavy atom. The number of nitrogens with one attached hydrogen (secondary N) is 2. The van der Waals surface area contributed by atoms with E-state index in [-0.39, 0.29) is 17.3 Å². The molecule has 3 rings (SSSR count). The van der Waals surface area contributed by atoms with Gasteiger partial charge in [0.2, 0.25) is 15.9 Å². The molecule has 2 N–H and O–H groups in total. The molecule has 6 nitrogen and oxygen atoms in total. The Kier molecular flexibility index (Phi) is 4.35. The zero-order valence-electron chi connectivity index (χ0n) is 12.2. The number of rotatable bonds is 6. The largest absolute Gasteiger partial charge is 0.368 e. The summed E-state index contributed by atoms with van der Waals surface area (Å²) in [6.45, 7) is 0.994. The fourth-order valence-electron chi connectivity index (χ4n) is 2.46. The normalized spacial score (nSPS) is 21.5. The molecule has 1 aliphatic heterocycles. The van der Waals surface area contributed by atoms with Crippen LogP contribution in [0.2, 0.25) is 0 Å². The third-order valence-electron chi connectivity index (χ3n) is 3.84. The summed E-state index contributed by atoms with van der Waals surface area (Å²) >= 11 is 0. The first-order chi connectivity index (χ1) is 10.5. The third-order valence-corrected chi connectivity index (χ3v) is 5.71. The molecule has 0 radical (unpaired) electrons. The van der Waals surface area contributed by atoms with Gasteiger partial charge in [-0.25, -0.2) is 8.42 Å². The van der Waals surface area contributed by atoms with Gasteiger partial charge in [0.25, 0.3) is 0 Å². The van der Waals surface area contributed by atoms with E-state index in [2.05, 4.69) is 10.0 Å². The van der Waals surface area contributed by atoms with Gasteiger partial charge in [-0.15, -0.1) is 0 Å². The van der Waals surface area contributed by atoms with Gasteiger partial charge >= 0.3 is 0 Å². The van der Waals surface area contributed by atoms with Gasteiger partial charge in [-0.3, -0.25) is 9.52 Å². The van der Waals surface area contributed by atoms with E-state index in [1.807, 2.05) is 6.07 Å². The molecule has 2 fully saturated rings. The minimum Gasteiger partial charge on any atom is -0.368 e. The second-order valence-corrected chi connectivity index (χ2v) is 7.73. The van der Waals surface area contributed by atoms with Crippen molar-refractivity contribution in [3.05, 3.63) is 29.8 Å². The van der Waals surface area contributed by atoms with Crippen LogP contribution in [0.5, 0.6) is 0 Å². The predicted molar refractivity (Wildman–Crippen MR) is 82.8 cm³/mol. The summed E-state index contributed by atoms with van der Waals surface area (Å²) in [5, 5.41) is 2.57. The lowest BCUT2D eigenvalue weighted by atomic mass is 10.2. The summed E-state index contributed by atoms with van der Waals surface area (Å²) in [5.74, 6) is -0.110. The van der Waals surface area contributed by atoms with Gasteiger partial charge < -0.3 is 10.1 Å². The summed E-state index contributed by atoms with van der Waals surface area (Å²) < 4.78 is 31.8. The minimum atomic E-state index is -3.26. The molecule has 1 aromatic carbocycles. The van der Waals surface area contributed by atoms with Crippen molar-refractivity contribution in [1.82, 2.24) is 5.32 Å². The molecule has 120 valence electrons. The molecule has 22 heavy (non-hydrogen) atoms. The highest BCUT2D eigenvalue weighted by molar-refractivity contribution is 7.93. The molecule has 0 bridgehead atoms. The van der Waals surface area contributed by atoms with Crippen LogP contribution in [0.15, 0.2) is 24.3 Å². The van der Waals surface area contributed by atoms with E-state index < -0.39 is 10.0 Å². The molecule has 0 spiro atoms. The third kappa shape index (κ3) is 3.78. The van der Waals surface area contributed by atoms with Crippen LogP contribution >= 0.6 is 0 Å². The standard InChI is InChI=1S/C15H20N2O4S/c18-15(14-5-2-8-21-14)16-10-11-3-1-4-12(9-11)17-22(19,20)13-6-7-13/h1,3-4,9,13-14,17H,2,5-8,10H2,(H,16,18)/t14-/m1/s1. The van der Waals surface area contributed by atoms with Crippen LogP contribution in [0.3, 0.4) is 0 Å². The highest BCUT2D eigenvalue weighted by Gasteiger charge is 2.35. The molecule has 1 aromatic rings. The number of hydrogen-bond donors (Lipinski definition) is 2. The maximum atomic E-state index is 11.9. The van der Waals surface area contributed by atoms with Gasteiger partial charge in [0.1, 0.15) is 6.10 Å². The van der Waals surface area contributed by atoms with Crippen molar-refractivity contribution in [3.8, 4) is 0 Å². The molecule has 7 heteroatoms. The smallest absolute Gasteiger partial charge is 0.249 e. The SMILES string of the molecule is O=C(NCc1cccc(NS(=O)(=O)C2CC2)c1)[C@H]1CCCO1. The Hall–Kier alpha value is -1.60. The Labute approximate surface area is 130 Å². The van der Waals surface area contributed by atoms with Crippen LogP contribution in [0.25, 0.3) is 0 Å². The zero-order valence-corrected chi connectivity index (χ0v) is 13.1. The first-order valence-electron chi connectivity index (χ1n) is 7.54. The molecule has 0 aromatic heterocycles. The number of amides is 1. The van der Waals surface area contributed by atoms with E-state index in [0.29, 0.717) is 18.8 Å². The van der Waals surface area contributed by atoms with Crippen LogP contribution < -0.4 is 10.0 Å². The molecule has 1 aliphatic carbocycles. The highest BCUT2D eigenvalue weighted by Crippen LogP contribution is 2.29. The number of carbonyl (C=O) groups is 1. The van der Waals surface area contributed by atoms with Gasteiger partial charge in [-0.1, -0.05) is 12.1 Å². The van der Waals surface area contributed by atoms with Crippen LogP contribution in [0.4, 0.5) is 5.69 Å². The van der Waals surface area contributed by atoms with Crippen LogP contribution in [-0.4, -0.2) is 32.3 Å². The van der Waals surface area contributed by atoms with E-state index >= 15 is 0 Å². The summed E-state index contributed by atoms with van der Waals surface area (Å²) in [7, 11) is -3.26. The fourth-order valence-corrected chi connectivity index (χ4v) is 3.84. The van der Waals surface area contributed by atoms with Crippen LogP contribution in [0, 0.1) is 0 Å². The summed E-state index contributed by atoms with van der Waals surface area (Å²) in [6, 6.07) is 7.09. The number of benzene rings is 1. The number of anilines is 1. The van der Waals surface area contributed by atoms with E-state index in [9.17, 15) is 13.2 Å². The van der Waals surface area contributed by atoms with Gasteiger partial charge in [0, 0.05) is 18.8 Å². The first kappa shape index (κ1) is 15.3. The van der Waals surface area contributed by atoms with E-state index in [1.165, 1.54) is 0 Å². The Morgan fingerprint density at radius 1 is 1.27 bits per heavy atom. The molecular weight excluding hydrogens is 304 g/mol. The van der Waals surface area contributed by atoms with Gasteiger partial charge in [0.05, 0.1) is 5.25 Å². The summed E-state index contributed by atoms with van der Waals surface area (Å²) in [6.07, 6.45) is 2.78. The van der Waals surface area contributed by atoms with Crippen molar-refractivity contribution < 1.29 is 17.9 Å². The van der Waals surface area contributed by atoms with Gasteiger partial charge in [-0.2, -0.15) is 0 Å². The number of hydrogen-bond acceptors (Lipinski definition) is 4. The second kappa shape index (κ2) is 6.26. The minimum absolute atomic E-state index is 0.110. The topological polar surface area (TPSA) is 84.5 Å². The molecule has 1 saturated heterocycles. The monoisotopic (exact) mass is 324 g/mol. The highest BCUT2D eigenvalue weighted by atomic mass is 32.2. The molecule has 2 aliphatic rings. The van der Waals surface area contributed by atoms with Crippen molar-refractivity contribution in [2.24, 2.45) is 0 Å². The second-order valence-electron chi connectivity index (χ2n) is 5.77. The lowest BCUT2D eigenvalue weighted by Gasteiger charge is -2.12. The molecule has 1 saturated carbocycles. The lowest BCUT2D eigenvalue weighted by Crippen LogP contribution is -2.33. The zero-order chi connectivity index (χ0) is 15.6. The van der Waals surface area contributed by atoms with Gasteiger partial charge in [-0.05, 0) is 43.4 Å². The molecule has 0 unspecified atom stereocenters. The van der Waals surface area contributed by atoms with Crippen molar-refractivity contribution >= 4 is 21.6 Å². The number of ether oxygens (including phenoxy) is 1. The average Bonchev–Trinajstić information content (AvgIpc) is 3.22. The van der Waals surface area contributed by atoms with Crippen molar-refractivity contribution in [2.45, 2.75) is 43.6 Å². The summed E-state index contributed by atoms with van der Waals surface area (Å²) in [5.41, 5.74) is 1.39. The lowest BCUT2D eigenvalue weighted by molar-refractivity contribution is -0.130. The fraction of sp³-hybridized carbons (Fsp3) is 0.533. The maximum absolute atomic E-state index is 11.9. The number of sulfonamides is 1. The van der Waals surface area contributed by atoms with Crippen LogP contribution in [0.1, 0.15) is 31.2 Å². The number of carbonyl (C=O) groups excluding carboxylic acids is 1. The van der Waals surface area contributed by atoms with Crippen LogP contribution in [-0.2, 0) is 26.1 Å². The molecule has 1 atom stereocenters. The maximum Gasteiger partial charge on any atom is 0.249 e. The van der Waals surface area contributed by atoms with Crippen molar-refractivity contribution in [3.63, 3.8) is 0 Å². The molecule has 1 amide bonds. The van der Waals surface area contributed by atoms with E-state index in [0.717, 1.165) is 31.2 Å². The first-order valence-corrected chi connectivity index (χ1v) is 9.09. The van der Waals surface area contributed by atoms with Crippen molar-refractivity contribution in [2.75, 3.05) is 11.3 Å². The predicted octanol–water partition coefficient (Wildman–Crippen LogP) is 1.39. The Balaban J connectivity index is 1.57.